The number of thiol groups is 1. The molecule has 0 fully saturated rings. The van der Waals surface area contributed by atoms with E-state index in [1.54, 1.807) is 0 Å². The lowest BCUT2D eigenvalue weighted by Crippen LogP contribution is -2.33. The SMILES string of the molecule is CCC(C)[C@H](C)C(=O)NCCS. The zero-order chi connectivity index (χ0) is 9.56. The molecule has 0 saturated heterocycles. The molecule has 1 N–H and O–H groups in total. The Hall–Kier alpha value is -0.180. The normalized spacial score (nSPS) is 15.3. The number of rotatable bonds is 5. The summed E-state index contributed by atoms with van der Waals surface area (Å²) in [6, 6.07) is 0. The highest BCUT2D eigenvalue weighted by Gasteiger charge is 2.17. The molecule has 0 aromatic rings. The van der Waals surface area contributed by atoms with Crippen LogP contribution in [0, 0.1) is 11.8 Å². The number of hydrogen-bond acceptors (Lipinski definition) is 2. The van der Waals surface area contributed by atoms with E-state index in [-0.39, 0.29) is 11.8 Å². The van der Waals surface area contributed by atoms with E-state index in [9.17, 15) is 4.79 Å². The molecule has 3 heteroatoms. The second-order valence-electron chi connectivity index (χ2n) is 3.19. The van der Waals surface area contributed by atoms with Gasteiger partial charge in [-0.05, 0) is 5.92 Å². The molecule has 0 heterocycles. The Bertz CT molecular complexity index is 138. The Kier molecular flexibility index (Phi) is 6.25. The zero-order valence-corrected chi connectivity index (χ0v) is 9.03. The van der Waals surface area contributed by atoms with E-state index in [0.29, 0.717) is 18.2 Å². The molecule has 12 heavy (non-hydrogen) atoms. The van der Waals surface area contributed by atoms with E-state index in [4.69, 9.17) is 0 Å². The summed E-state index contributed by atoms with van der Waals surface area (Å²) >= 11 is 4.02. The van der Waals surface area contributed by atoms with Gasteiger partial charge in [0.1, 0.15) is 0 Å². The van der Waals surface area contributed by atoms with Crippen LogP contribution >= 0.6 is 12.6 Å². The first-order chi connectivity index (χ1) is 5.63. The predicted molar refractivity (Wildman–Crippen MR) is 55.5 cm³/mol. The third-order valence-electron chi connectivity index (χ3n) is 2.32. The van der Waals surface area contributed by atoms with Crippen molar-refractivity contribution in [2.45, 2.75) is 27.2 Å². The highest BCUT2D eigenvalue weighted by molar-refractivity contribution is 7.80. The second-order valence-corrected chi connectivity index (χ2v) is 3.64. The quantitative estimate of drug-likeness (QED) is 0.633. The Balaban J connectivity index is 3.75. The van der Waals surface area contributed by atoms with Gasteiger partial charge in [-0.25, -0.2) is 0 Å². The number of nitrogens with one attached hydrogen (secondary N) is 1. The van der Waals surface area contributed by atoms with Gasteiger partial charge >= 0.3 is 0 Å². The van der Waals surface area contributed by atoms with Gasteiger partial charge < -0.3 is 5.32 Å². The van der Waals surface area contributed by atoms with Crippen LogP contribution in [0.3, 0.4) is 0 Å². The molecule has 0 rings (SSSR count). The lowest BCUT2D eigenvalue weighted by Gasteiger charge is -2.17. The third-order valence-corrected chi connectivity index (χ3v) is 2.55. The van der Waals surface area contributed by atoms with Crippen LogP contribution in [-0.4, -0.2) is 18.2 Å². The average Bonchev–Trinajstić information content (AvgIpc) is 2.11. The molecule has 0 aliphatic rings. The minimum Gasteiger partial charge on any atom is -0.355 e. The fourth-order valence-corrected chi connectivity index (χ4v) is 1.06. The molecule has 0 aliphatic carbocycles. The van der Waals surface area contributed by atoms with Crippen molar-refractivity contribution in [3.63, 3.8) is 0 Å². The first kappa shape index (κ1) is 11.8. The summed E-state index contributed by atoms with van der Waals surface area (Å²) in [6.07, 6.45) is 1.05. The van der Waals surface area contributed by atoms with E-state index < -0.39 is 0 Å². The van der Waals surface area contributed by atoms with Crippen molar-refractivity contribution < 1.29 is 4.79 Å². The van der Waals surface area contributed by atoms with E-state index in [1.165, 1.54) is 0 Å². The largest absolute Gasteiger partial charge is 0.355 e. The van der Waals surface area contributed by atoms with E-state index in [1.807, 2.05) is 6.92 Å². The standard InChI is InChI=1S/C9H19NOS/c1-4-7(2)8(3)9(11)10-5-6-12/h7-8,12H,4-6H2,1-3H3,(H,10,11)/t7?,8-/m0/s1. The molecule has 0 aromatic carbocycles. The topological polar surface area (TPSA) is 29.1 Å². The maximum Gasteiger partial charge on any atom is 0.223 e. The van der Waals surface area contributed by atoms with Gasteiger partial charge in [0.25, 0.3) is 0 Å². The molecule has 0 bridgehead atoms. The third kappa shape index (κ3) is 4.00. The van der Waals surface area contributed by atoms with Crippen molar-refractivity contribution in [3.8, 4) is 0 Å². The summed E-state index contributed by atoms with van der Waals surface area (Å²) in [6.45, 7) is 6.85. The van der Waals surface area contributed by atoms with Gasteiger partial charge in [-0.1, -0.05) is 27.2 Å². The van der Waals surface area contributed by atoms with Gasteiger partial charge in [-0.3, -0.25) is 4.79 Å². The highest BCUT2D eigenvalue weighted by Crippen LogP contribution is 2.13. The van der Waals surface area contributed by atoms with E-state index in [0.717, 1.165) is 6.42 Å². The number of carbonyl (C=O) groups is 1. The Morgan fingerprint density at radius 3 is 2.50 bits per heavy atom. The minimum absolute atomic E-state index is 0.120. The van der Waals surface area contributed by atoms with Crippen LogP contribution in [0.15, 0.2) is 0 Å². The fourth-order valence-electron chi connectivity index (χ4n) is 0.952. The molecular formula is C9H19NOS. The van der Waals surface area contributed by atoms with Crippen molar-refractivity contribution in [2.75, 3.05) is 12.3 Å². The van der Waals surface area contributed by atoms with E-state index in [2.05, 4.69) is 31.8 Å². The molecule has 0 saturated carbocycles. The maximum absolute atomic E-state index is 11.4. The van der Waals surface area contributed by atoms with Crippen LogP contribution in [0.2, 0.25) is 0 Å². The van der Waals surface area contributed by atoms with Gasteiger partial charge in [0, 0.05) is 18.2 Å². The van der Waals surface area contributed by atoms with Gasteiger partial charge in [-0.2, -0.15) is 12.6 Å². The molecule has 0 aliphatic heterocycles. The summed E-state index contributed by atoms with van der Waals surface area (Å²) in [7, 11) is 0. The Labute approximate surface area is 80.5 Å². The van der Waals surface area contributed by atoms with Crippen LogP contribution in [0.5, 0.6) is 0 Å². The first-order valence-electron chi connectivity index (χ1n) is 4.52. The lowest BCUT2D eigenvalue weighted by atomic mass is 9.93. The predicted octanol–water partition coefficient (Wildman–Crippen LogP) is 1.71. The summed E-state index contributed by atoms with van der Waals surface area (Å²) in [5.41, 5.74) is 0. The van der Waals surface area contributed by atoms with Gasteiger partial charge in [-0.15, -0.1) is 0 Å². The fraction of sp³-hybridized carbons (Fsp3) is 0.889. The average molecular weight is 189 g/mol. The molecule has 1 unspecified atom stereocenters. The van der Waals surface area contributed by atoms with Crippen LogP contribution in [0.25, 0.3) is 0 Å². The molecule has 0 spiro atoms. The molecule has 2 nitrogen and oxygen atoms in total. The van der Waals surface area contributed by atoms with Gasteiger partial charge in [0.2, 0.25) is 5.91 Å². The van der Waals surface area contributed by atoms with Crippen LogP contribution < -0.4 is 5.32 Å². The lowest BCUT2D eigenvalue weighted by molar-refractivity contribution is -0.125. The van der Waals surface area contributed by atoms with Crippen molar-refractivity contribution in [3.05, 3.63) is 0 Å². The van der Waals surface area contributed by atoms with Crippen molar-refractivity contribution in [2.24, 2.45) is 11.8 Å². The van der Waals surface area contributed by atoms with Crippen molar-refractivity contribution in [1.82, 2.24) is 5.32 Å². The highest BCUT2D eigenvalue weighted by atomic mass is 32.1. The first-order valence-corrected chi connectivity index (χ1v) is 5.15. The summed E-state index contributed by atoms with van der Waals surface area (Å²) in [5.74, 6) is 1.44. The van der Waals surface area contributed by atoms with Crippen molar-refractivity contribution >= 4 is 18.5 Å². The molecule has 0 aromatic heterocycles. The smallest absolute Gasteiger partial charge is 0.223 e. The number of amides is 1. The number of hydrogen-bond donors (Lipinski definition) is 2. The molecule has 0 radical (unpaired) electrons. The van der Waals surface area contributed by atoms with Crippen LogP contribution in [0.1, 0.15) is 27.2 Å². The maximum atomic E-state index is 11.4. The summed E-state index contributed by atoms with van der Waals surface area (Å²) in [5, 5.41) is 2.83. The van der Waals surface area contributed by atoms with Crippen molar-refractivity contribution in [1.29, 1.82) is 0 Å². The Morgan fingerprint density at radius 1 is 1.50 bits per heavy atom. The minimum atomic E-state index is 0.120. The van der Waals surface area contributed by atoms with Crippen LogP contribution in [-0.2, 0) is 4.79 Å². The summed E-state index contributed by atoms with van der Waals surface area (Å²) in [4.78, 5) is 11.4. The van der Waals surface area contributed by atoms with Gasteiger partial charge in [0.15, 0.2) is 0 Å². The number of carbonyl (C=O) groups excluding carboxylic acids is 1. The zero-order valence-electron chi connectivity index (χ0n) is 8.13. The molecular weight excluding hydrogens is 170 g/mol. The van der Waals surface area contributed by atoms with Gasteiger partial charge in [0.05, 0.1) is 0 Å². The molecule has 2 atom stereocenters. The molecule has 1 amide bonds. The molecule has 72 valence electrons. The van der Waals surface area contributed by atoms with E-state index >= 15 is 0 Å². The second kappa shape index (κ2) is 6.35. The monoisotopic (exact) mass is 189 g/mol. The van der Waals surface area contributed by atoms with Crippen LogP contribution in [0.4, 0.5) is 0 Å². The Morgan fingerprint density at radius 2 is 2.08 bits per heavy atom. The summed E-state index contributed by atoms with van der Waals surface area (Å²) < 4.78 is 0.